The summed E-state index contributed by atoms with van der Waals surface area (Å²) >= 11 is 7.06. The Kier molecular flexibility index (Phi) is 6.21. The first-order valence-electron chi connectivity index (χ1n) is 7.77. The van der Waals surface area contributed by atoms with Gasteiger partial charge >= 0.3 is 0 Å². The van der Waals surface area contributed by atoms with Crippen LogP contribution in [0.2, 0.25) is 11.6 Å². The van der Waals surface area contributed by atoms with Crippen molar-refractivity contribution in [2.24, 2.45) is 0 Å². The van der Waals surface area contributed by atoms with Gasteiger partial charge in [0.25, 0.3) is 0 Å². The summed E-state index contributed by atoms with van der Waals surface area (Å²) in [6.45, 7) is 13.0. The van der Waals surface area contributed by atoms with Crippen molar-refractivity contribution in [1.29, 1.82) is 0 Å². The lowest BCUT2D eigenvalue weighted by Crippen LogP contribution is -2.52. The van der Waals surface area contributed by atoms with Gasteiger partial charge in [0.05, 0.1) is 0 Å². The van der Waals surface area contributed by atoms with Gasteiger partial charge in [0, 0.05) is 12.2 Å². The van der Waals surface area contributed by atoms with E-state index in [1.54, 1.807) is 0 Å². The highest BCUT2D eigenvalue weighted by Gasteiger charge is 2.43. The van der Waals surface area contributed by atoms with Crippen molar-refractivity contribution in [3.05, 3.63) is 0 Å². The summed E-state index contributed by atoms with van der Waals surface area (Å²) in [4.78, 5) is 2.71. The molecule has 1 nitrogen and oxygen atoms in total. The van der Waals surface area contributed by atoms with Crippen LogP contribution in [0.3, 0.4) is 0 Å². The number of halogens is 1. The van der Waals surface area contributed by atoms with Gasteiger partial charge in [-0.15, -0.1) is 0 Å². The minimum absolute atomic E-state index is 0.346. The van der Waals surface area contributed by atoms with Crippen LogP contribution in [0, 0.1) is 0 Å². The predicted octanol–water partition coefficient (Wildman–Crippen LogP) is 5.18. The number of nitrogens with zero attached hydrogens (tertiary/aromatic N) is 1. The number of likely N-dealkylation sites (tertiary alicyclic amines) is 1. The quantitative estimate of drug-likeness (QED) is 0.481. The van der Waals surface area contributed by atoms with E-state index in [2.05, 4.69) is 39.1 Å². The van der Waals surface area contributed by atoms with E-state index in [9.17, 15) is 0 Å². The number of piperidine rings is 1. The van der Waals surface area contributed by atoms with Crippen molar-refractivity contribution in [2.45, 2.75) is 83.8 Å². The number of rotatable bonds is 6. The number of hydrogen-bond donors (Lipinski definition) is 0. The average molecular weight is 290 g/mol. The van der Waals surface area contributed by atoms with E-state index < -0.39 is 7.38 Å². The van der Waals surface area contributed by atoms with Crippen LogP contribution in [0.1, 0.15) is 66.2 Å². The topological polar surface area (TPSA) is 3.24 Å². The van der Waals surface area contributed by atoms with Crippen LogP contribution < -0.4 is 0 Å². The summed E-state index contributed by atoms with van der Waals surface area (Å²) in [5, 5.41) is 0.346. The smallest absolute Gasteiger partial charge is 0.172 e. The van der Waals surface area contributed by atoms with Crippen LogP contribution in [0.4, 0.5) is 0 Å². The lowest BCUT2D eigenvalue weighted by Gasteiger charge is -2.44. The van der Waals surface area contributed by atoms with Crippen LogP contribution in [-0.4, -0.2) is 31.0 Å². The van der Waals surface area contributed by atoms with E-state index in [4.69, 9.17) is 11.1 Å². The van der Waals surface area contributed by atoms with Crippen LogP contribution in [0.5, 0.6) is 0 Å². The van der Waals surface area contributed by atoms with E-state index in [-0.39, 0.29) is 0 Å². The van der Waals surface area contributed by atoms with Gasteiger partial charge in [-0.1, -0.05) is 47.1 Å². The fourth-order valence-electron chi connectivity index (χ4n) is 3.21. The van der Waals surface area contributed by atoms with Crippen molar-refractivity contribution < 1.29 is 0 Å². The monoisotopic (exact) mass is 289 g/mol. The second kappa shape index (κ2) is 6.76. The molecule has 0 N–H and O–H groups in total. The molecule has 2 atom stereocenters. The maximum absolute atomic E-state index is 7.06. The lowest BCUT2D eigenvalue weighted by molar-refractivity contribution is 0.166. The zero-order valence-electron chi connectivity index (χ0n) is 13.1. The first kappa shape index (κ1) is 16.5. The minimum Gasteiger partial charge on any atom is -0.302 e. The molecule has 18 heavy (non-hydrogen) atoms. The van der Waals surface area contributed by atoms with E-state index in [0.29, 0.717) is 5.04 Å². The summed E-state index contributed by atoms with van der Waals surface area (Å²) in [5.74, 6) is 0. The third-order valence-corrected chi connectivity index (χ3v) is 11.0. The molecule has 2 unspecified atom stereocenters. The Bertz CT molecular complexity index is 253. The molecule has 3 heteroatoms. The zero-order chi connectivity index (χ0) is 13.8. The van der Waals surface area contributed by atoms with Gasteiger partial charge in [-0.3, -0.25) is 0 Å². The third kappa shape index (κ3) is 3.98. The summed E-state index contributed by atoms with van der Waals surface area (Å²) in [7, 11) is -1.70. The zero-order valence-corrected chi connectivity index (χ0v) is 14.8. The van der Waals surface area contributed by atoms with Gasteiger partial charge in [0.1, 0.15) is 0 Å². The molecule has 0 aromatic carbocycles. The Hall–Kier alpha value is 0.467. The Morgan fingerprint density at radius 1 is 1.28 bits per heavy atom. The van der Waals surface area contributed by atoms with E-state index >= 15 is 0 Å². The van der Waals surface area contributed by atoms with E-state index in [0.717, 1.165) is 6.04 Å². The molecule has 1 aliphatic rings. The van der Waals surface area contributed by atoms with Gasteiger partial charge in [0.15, 0.2) is 7.38 Å². The molecule has 0 aromatic heterocycles. The molecule has 0 spiro atoms. The molecule has 1 aliphatic heterocycles. The summed E-state index contributed by atoms with van der Waals surface area (Å²) in [5.41, 5.74) is 0. The lowest BCUT2D eigenvalue weighted by atomic mass is 10.0. The molecular weight excluding hydrogens is 258 g/mol. The molecule has 1 heterocycles. The predicted molar refractivity (Wildman–Crippen MR) is 85.9 cm³/mol. The fourth-order valence-corrected chi connectivity index (χ4v) is 6.33. The van der Waals surface area contributed by atoms with Crippen LogP contribution in [-0.2, 0) is 0 Å². The molecule has 1 fully saturated rings. The van der Waals surface area contributed by atoms with Crippen molar-refractivity contribution in [3.63, 3.8) is 0 Å². The van der Waals surface area contributed by atoms with Gasteiger partial charge in [-0.05, 0) is 37.3 Å². The van der Waals surface area contributed by atoms with Gasteiger partial charge < -0.3 is 4.90 Å². The second-order valence-corrected chi connectivity index (χ2v) is 13.4. The van der Waals surface area contributed by atoms with Crippen molar-refractivity contribution in [3.8, 4) is 0 Å². The Morgan fingerprint density at radius 2 is 1.94 bits per heavy atom. The van der Waals surface area contributed by atoms with Crippen LogP contribution >= 0.6 is 11.1 Å². The maximum atomic E-state index is 7.06. The van der Waals surface area contributed by atoms with Crippen molar-refractivity contribution >= 4 is 18.5 Å². The fraction of sp³-hybridized carbons (Fsp3) is 1.00. The molecule has 0 saturated carbocycles. The van der Waals surface area contributed by atoms with Crippen molar-refractivity contribution in [2.75, 3.05) is 12.7 Å². The Labute approximate surface area is 120 Å². The molecular formula is C15H32ClNSi. The summed E-state index contributed by atoms with van der Waals surface area (Å²) in [6, 6.07) is 0.793. The normalized spacial score (nSPS) is 26.0. The first-order valence-corrected chi connectivity index (χ1v) is 11.5. The molecule has 1 rings (SSSR count). The van der Waals surface area contributed by atoms with E-state index in [1.165, 1.54) is 51.2 Å². The molecule has 0 aliphatic carbocycles. The molecule has 0 radical (unpaired) electrons. The Morgan fingerprint density at radius 3 is 2.50 bits per heavy atom. The minimum atomic E-state index is -1.70. The molecule has 1 saturated heterocycles. The largest absolute Gasteiger partial charge is 0.302 e. The summed E-state index contributed by atoms with van der Waals surface area (Å²) in [6.07, 6.45) is 9.14. The highest BCUT2D eigenvalue weighted by Crippen LogP contribution is 2.44. The highest BCUT2D eigenvalue weighted by atomic mass is 35.6. The average Bonchev–Trinajstić information content (AvgIpc) is 2.29. The van der Waals surface area contributed by atoms with Gasteiger partial charge in [0.2, 0.25) is 0 Å². The second-order valence-electron chi connectivity index (χ2n) is 6.86. The van der Waals surface area contributed by atoms with Crippen LogP contribution in [0.25, 0.3) is 0 Å². The molecule has 0 bridgehead atoms. The molecule has 0 amide bonds. The van der Waals surface area contributed by atoms with Crippen molar-refractivity contribution in [1.82, 2.24) is 4.90 Å². The highest BCUT2D eigenvalue weighted by molar-refractivity contribution is 7.21. The molecule has 108 valence electrons. The first-order chi connectivity index (χ1) is 8.34. The number of hydrogen-bond acceptors (Lipinski definition) is 1. The standard InChI is InChI=1S/C15H32ClNSi/c1-6-11-15(3,4)18(5,16)13-17-12-9-8-10-14(17)7-2/h14H,6-13H2,1-5H3. The van der Waals surface area contributed by atoms with Gasteiger partial charge in [-0.25, -0.2) is 0 Å². The Balaban J connectivity index is 2.68. The summed E-state index contributed by atoms with van der Waals surface area (Å²) < 4.78 is 0. The van der Waals surface area contributed by atoms with E-state index in [1.807, 2.05) is 0 Å². The SMILES string of the molecule is CCCC(C)(C)[Si](C)(Cl)CN1CCCCC1CC. The molecule has 0 aromatic rings. The maximum Gasteiger partial charge on any atom is 0.172 e. The van der Waals surface area contributed by atoms with Crippen LogP contribution in [0.15, 0.2) is 0 Å². The third-order valence-electron chi connectivity index (χ3n) is 5.01. The van der Waals surface area contributed by atoms with Gasteiger partial charge in [-0.2, -0.15) is 11.1 Å².